The Bertz CT molecular complexity index is 890. The van der Waals surface area contributed by atoms with Gasteiger partial charge in [0.05, 0.1) is 12.0 Å². The zero-order valence-electron chi connectivity index (χ0n) is 16.3. The Morgan fingerprint density at radius 3 is 2.50 bits per heavy atom. The Hall–Kier alpha value is -3.15. The van der Waals surface area contributed by atoms with Crippen LogP contribution in [0.4, 0.5) is 11.4 Å². The van der Waals surface area contributed by atoms with Crippen molar-refractivity contribution in [3.05, 3.63) is 54.1 Å². The van der Waals surface area contributed by atoms with Gasteiger partial charge in [-0.2, -0.15) is 0 Å². The van der Waals surface area contributed by atoms with Crippen molar-refractivity contribution in [3.8, 4) is 5.75 Å². The summed E-state index contributed by atoms with van der Waals surface area (Å²) in [5.74, 6) is -0.0917. The molecule has 1 heterocycles. The number of anilines is 2. The van der Waals surface area contributed by atoms with Crippen LogP contribution in [0.2, 0.25) is 0 Å². The first-order chi connectivity index (χ1) is 13.3. The molecule has 146 valence electrons. The maximum absolute atomic E-state index is 12.6. The molecule has 28 heavy (non-hydrogen) atoms. The molecule has 1 unspecified atom stereocenters. The van der Waals surface area contributed by atoms with Crippen LogP contribution in [0.25, 0.3) is 0 Å². The number of carbonyl (C=O) groups excluding carboxylic acids is 3. The highest BCUT2D eigenvalue weighted by atomic mass is 16.5. The lowest BCUT2D eigenvalue weighted by Gasteiger charge is -2.17. The molecule has 0 spiro atoms. The van der Waals surface area contributed by atoms with E-state index in [1.165, 1.54) is 6.92 Å². The van der Waals surface area contributed by atoms with E-state index in [0.717, 1.165) is 5.75 Å². The Kier molecular flexibility index (Phi) is 5.78. The lowest BCUT2D eigenvalue weighted by Crippen LogP contribution is -2.28. The lowest BCUT2D eigenvalue weighted by molar-refractivity contribution is -0.122. The smallest absolute Gasteiger partial charge is 0.229 e. The van der Waals surface area contributed by atoms with E-state index >= 15 is 0 Å². The summed E-state index contributed by atoms with van der Waals surface area (Å²) in [7, 11) is 0. The normalized spacial score (nSPS) is 16.4. The number of Topliss-reactive ketones (excluding diaryl/α,β-unsaturated/α-hetero) is 1. The lowest BCUT2D eigenvalue weighted by atomic mass is 10.1. The summed E-state index contributed by atoms with van der Waals surface area (Å²) >= 11 is 0. The van der Waals surface area contributed by atoms with Crippen LogP contribution in [0.3, 0.4) is 0 Å². The van der Waals surface area contributed by atoms with Crippen molar-refractivity contribution in [2.45, 2.75) is 33.3 Å². The fourth-order valence-electron chi connectivity index (χ4n) is 3.16. The van der Waals surface area contributed by atoms with E-state index in [1.54, 1.807) is 53.4 Å². The molecule has 0 saturated carbocycles. The minimum atomic E-state index is -0.444. The van der Waals surface area contributed by atoms with E-state index < -0.39 is 5.92 Å². The fraction of sp³-hybridized carbons (Fsp3) is 0.318. The molecule has 1 N–H and O–H groups in total. The molecule has 3 rings (SSSR count). The summed E-state index contributed by atoms with van der Waals surface area (Å²) in [4.78, 5) is 38.2. The number of hydrogen-bond acceptors (Lipinski definition) is 4. The Balaban J connectivity index is 1.65. The summed E-state index contributed by atoms with van der Waals surface area (Å²) in [6, 6.07) is 14.1. The van der Waals surface area contributed by atoms with Crippen LogP contribution in [0.1, 0.15) is 37.6 Å². The van der Waals surface area contributed by atoms with Gasteiger partial charge in [0.1, 0.15) is 5.75 Å². The molecule has 1 aliphatic heterocycles. The minimum absolute atomic E-state index is 0.0623. The van der Waals surface area contributed by atoms with Gasteiger partial charge >= 0.3 is 0 Å². The van der Waals surface area contributed by atoms with Gasteiger partial charge in [0.2, 0.25) is 11.8 Å². The van der Waals surface area contributed by atoms with Gasteiger partial charge in [-0.3, -0.25) is 14.4 Å². The predicted molar refractivity (Wildman–Crippen MR) is 108 cm³/mol. The quantitative estimate of drug-likeness (QED) is 0.776. The van der Waals surface area contributed by atoms with E-state index in [2.05, 4.69) is 5.32 Å². The average molecular weight is 380 g/mol. The summed E-state index contributed by atoms with van der Waals surface area (Å²) in [5, 5.41) is 2.86. The Morgan fingerprint density at radius 2 is 1.86 bits per heavy atom. The van der Waals surface area contributed by atoms with Crippen LogP contribution in [-0.4, -0.2) is 30.2 Å². The number of ketones is 1. The van der Waals surface area contributed by atoms with Crippen molar-refractivity contribution < 1.29 is 19.1 Å². The third-order valence-corrected chi connectivity index (χ3v) is 4.55. The van der Waals surface area contributed by atoms with E-state index in [9.17, 15) is 14.4 Å². The largest absolute Gasteiger partial charge is 0.491 e. The van der Waals surface area contributed by atoms with E-state index in [0.29, 0.717) is 23.5 Å². The van der Waals surface area contributed by atoms with E-state index in [4.69, 9.17) is 4.74 Å². The van der Waals surface area contributed by atoms with Crippen molar-refractivity contribution in [2.24, 2.45) is 5.92 Å². The molecule has 0 aliphatic carbocycles. The highest BCUT2D eigenvalue weighted by Gasteiger charge is 2.35. The second-order valence-corrected chi connectivity index (χ2v) is 7.19. The van der Waals surface area contributed by atoms with Gasteiger partial charge in [0.25, 0.3) is 0 Å². The summed E-state index contributed by atoms with van der Waals surface area (Å²) in [6.07, 6.45) is 0.224. The third-order valence-electron chi connectivity index (χ3n) is 4.55. The van der Waals surface area contributed by atoms with Gasteiger partial charge in [-0.05, 0) is 57.2 Å². The maximum Gasteiger partial charge on any atom is 0.229 e. The zero-order chi connectivity index (χ0) is 20.3. The Labute approximate surface area is 164 Å². The van der Waals surface area contributed by atoms with Gasteiger partial charge in [-0.25, -0.2) is 0 Å². The second-order valence-electron chi connectivity index (χ2n) is 7.19. The molecule has 2 aromatic rings. The Morgan fingerprint density at radius 1 is 1.14 bits per heavy atom. The van der Waals surface area contributed by atoms with Gasteiger partial charge in [-0.1, -0.05) is 12.1 Å². The zero-order valence-corrected chi connectivity index (χ0v) is 16.3. The molecule has 2 aromatic carbocycles. The third kappa shape index (κ3) is 4.57. The van der Waals surface area contributed by atoms with Crippen LogP contribution in [0.15, 0.2) is 48.5 Å². The monoisotopic (exact) mass is 380 g/mol. The van der Waals surface area contributed by atoms with Gasteiger partial charge < -0.3 is 15.0 Å². The van der Waals surface area contributed by atoms with Crippen molar-refractivity contribution in [1.82, 2.24) is 0 Å². The van der Waals surface area contributed by atoms with E-state index in [-0.39, 0.29) is 30.1 Å². The average Bonchev–Trinajstić information content (AvgIpc) is 3.05. The first-order valence-electron chi connectivity index (χ1n) is 9.32. The number of amides is 2. The SMILES string of the molecule is CC(=O)c1cccc(N2CC(C(=O)Nc3ccc(OC(C)C)cc3)CC2=O)c1. The number of nitrogens with zero attached hydrogens (tertiary/aromatic N) is 1. The number of benzene rings is 2. The molecule has 6 nitrogen and oxygen atoms in total. The van der Waals surface area contributed by atoms with Crippen molar-refractivity contribution in [2.75, 3.05) is 16.8 Å². The first-order valence-corrected chi connectivity index (χ1v) is 9.32. The standard InChI is InChI=1S/C22H24N2O4/c1-14(2)28-20-9-7-18(8-10-20)23-22(27)17-12-21(26)24(13-17)19-6-4-5-16(11-19)15(3)25/h4-11,14,17H,12-13H2,1-3H3,(H,23,27). The molecular formula is C22H24N2O4. The van der Waals surface area contributed by atoms with Crippen LogP contribution in [-0.2, 0) is 9.59 Å². The van der Waals surface area contributed by atoms with Crippen molar-refractivity contribution >= 4 is 29.0 Å². The van der Waals surface area contributed by atoms with E-state index in [1.807, 2.05) is 13.8 Å². The van der Waals surface area contributed by atoms with Crippen LogP contribution < -0.4 is 15.0 Å². The van der Waals surface area contributed by atoms with Crippen LogP contribution in [0, 0.1) is 5.92 Å². The number of ether oxygens (including phenoxy) is 1. The van der Waals surface area contributed by atoms with Crippen LogP contribution >= 0.6 is 0 Å². The molecular weight excluding hydrogens is 356 g/mol. The highest BCUT2D eigenvalue weighted by Crippen LogP contribution is 2.27. The summed E-state index contributed by atoms with van der Waals surface area (Å²) in [6.45, 7) is 5.68. The molecule has 1 saturated heterocycles. The summed E-state index contributed by atoms with van der Waals surface area (Å²) < 4.78 is 5.59. The molecule has 1 fully saturated rings. The van der Waals surface area contributed by atoms with Gasteiger partial charge in [-0.15, -0.1) is 0 Å². The summed E-state index contributed by atoms with van der Waals surface area (Å²) in [5.41, 5.74) is 1.84. The molecule has 6 heteroatoms. The molecule has 1 aliphatic rings. The van der Waals surface area contributed by atoms with Gasteiger partial charge in [0, 0.05) is 29.9 Å². The minimum Gasteiger partial charge on any atom is -0.491 e. The van der Waals surface area contributed by atoms with Gasteiger partial charge in [0.15, 0.2) is 5.78 Å². The number of carbonyl (C=O) groups is 3. The first kappa shape index (κ1) is 19.6. The van der Waals surface area contributed by atoms with Crippen LogP contribution in [0.5, 0.6) is 5.75 Å². The molecule has 2 amide bonds. The molecule has 0 bridgehead atoms. The van der Waals surface area contributed by atoms with Crippen molar-refractivity contribution in [1.29, 1.82) is 0 Å². The number of nitrogens with one attached hydrogen (secondary N) is 1. The molecule has 0 radical (unpaired) electrons. The maximum atomic E-state index is 12.6. The topological polar surface area (TPSA) is 75.7 Å². The fourth-order valence-corrected chi connectivity index (χ4v) is 3.16. The number of hydrogen-bond donors (Lipinski definition) is 1. The molecule has 0 aromatic heterocycles. The molecule has 1 atom stereocenters. The predicted octanol–water partition coefficient (Wildman–Crippen LogP) is 3.67. The number of rotatable bonds is 6. The second kappa shape index (κ2) is 8.25. The highest BCUT2D eigenvalue weighted by molar-refractivity contribution is 6.04. The van der Waals surface area contributed by atoms with Crippen molar-refractivity contribution in [3.63, 3.8) is 0 Å².